The Kier molecular flexibility index (Phi) is 6.41. The van der Waals surface area contributed by atoms with Gasteiger partial charge in [-0.25, -0.2) is 14.4 Å². The van der Waals surface area contributed by atoms with Gasteiger partial charge in [0.2, 0.25) is 5.95 Å². The van der Waals surface area contributed by atoms with Crippen LogP contribution in [0, 0.1) is 12.7 Å². The fourth-order valence-electron chi connectivity index (χ4n) is 2.38. The number of carbonyl (C=O) groups excluding carboxylic acids is 1. The van der Waals surface area contributed by atoms with Gasteiger partial charge in [-0.15, -0.1) is 0 Å². The molecule has 2 aromatic rings. The van der Waals surface area contributed by atoms with E-state index < -0.39 is 0 Å². The predicted molar refractivity (Wildman–Crippen MR) is 96.0 cm³/mol. The summed E-state index contributed by atoms with van der Waals surface area (Å²) in [6.45, 7) is 3.35. The van der Waals surface area contributed by atoms with E-state index in [9.17, 15) is 9.18 Å². The summed E-state index contributed by atoms with van der Waals surface area (Å²) in [5.41, 5.74) is 1.78. The molecule has 0 unspecified atom stereocenters. The normalized spacial score (nSPS) is 10.8. The van der Waals surface area contributed by atoms with E-state index in [2.05, 4.69) is 15.3 Å². The molecule has 1 aromatic heterocycles. The molecule has 134 valence electrons. The van der Waals surface area contributed by atoms with Crippen LogP contribution in [0.15, 0.2) is 30.3 Å². The molecule has 1 heterocycles. The molecule has 0 saturated carbocycles. The van der Waals surface area contributed by atoms with Crippen molar-refractivity contribution in [2.24, 2.45) is 0 Å². The second-order valence-corrected chi connectivity index (χ2v) is 6.13. The number of aromatic nitrogens is 2. The van der Waals surface area contributed by atoms with Crippen molar-refractivity contribution in [2.45, 2.75) is 13.5 Å². The largest absolute Gasteiger partial charge is 0.357 e. The summed E-state index contributed by atoms with van der Waals surface area (Å²) in [5.74, 6) is -0.109. The zero-order valence-corrected chi connectivity index (χ0v) is 15.1. The van der Waals surface area contributed by atoms with E-state index in [-0.39, 0.29) is 11.7 Å². The molecule has 0 aliphatic rings. The summed E-state index contributed by atoms with van der Waals surface area (Å²) in [6.07, 6.45) is 0. The van der Waals surface area contributed by atoms with Crippen LogP contribution in [0.1, 0.15) is 21.7 Å². The number of likely N-dealkylation sites (N-methyl/N-ethyl adjacent to an activating group) is 1. The van der Waals surface area contributed by atoms with Crippen LogP contribution in [0.4, 0.5) is 10.3 Å². The van der Waals surface area contributed by atoms with Crippen molar-refractivity contribution in [1.29, 1.82) is 0 Å². The molecule has 0 fully saturated rings. The van der Waals surface area contributed by atoms with Crippen LogP contribution in [0.3, 0.4) is 0 Å². The summed E-state index contributed by atoms with van der Waals surface area (Å²) >= 11 is 0. The Morgan fingerprint density at radius 3 is 2.60 bits per heavy atom. The standard InChI is InChI=1S/C18H24FN5O/c1-13-10-16(22-18(20-2)21-13)17(25)24(9-8-23(3)4)12-14-6-5-7-15(19)11-14/h5-7,10-11H,8-9,12H2,1-4H3,(H,20,21,22). The van der Waals surface area contributed by atoms with Gasteiger partial charge in [-0.1, -0.05) is 12.1 Å². The Balaban J connectivity index is 2.27. The van der Waals surface area contributed by atoms with Gasteiger partial charge in [0.1, 0.15) is 11.5 Å². The Labute approximate surface area is 147 Å². The maximum Gasteiger partial charge on any atom is 0.273 e. The van der Waals surface area contributed by atoms with E-state index in [1.54, 1.807) is 24.1 Å². The van der Waals surface area contributed by atoms with Gasteiger partial charge in [-0.2, -0.15) is 0 Å². The molecule has 7 heteroatoms. The lowest BCUT2D eigenvalue weighted by atomic mass is 10.2. The predicted octanol–water partition coefficient (Wildman–Crippen LogP) is 2.17. The number of nitrogens with zero attached hydrogens (tertiary/aromatic N) is 4. The second kappa shape index (κ2) is 8.53. The topological polar surface area (TPSA) is 61.4 Å². The van der Waals surface area contributed by atoms with Crippen molar-refractivity contribution < 1.29 is 9.18 Å². The van der Waals surface area contributed by atoms with Crippen molar-refractivity contribution in [3.8, 4) is 0 Å². The van der Waals surface area contributed by atoms with Crippen LogP contribution < -0.4 is 5.32 Å². The Morgan fingerprint density at radius 1 is 1.20 bits per heavy atom. The SMILES string of the molecule is CNc1nc(C)cc(C(=O)N(CCN(C)C)Cc2cccc(F)c2)n1. The first-order valence-electron chi connectivity index (χ1n) is 8.11. The van der Waals surface area contributed by atoms with Gasteiger partial charge >= 0.3 is 0 Å². The van der Waals surface area contributed by atoms with Gasteiger partial charge in [0.05, 0.1) is 0 Å². The monoisotopic (exact) mass is 345 g/mol. The van der Waals surface area contributed by atoms with Crippen LogP contribution in [0.2, 0.25) is 0 Å². The minimum Gasteiger partial charge on any atom is -0.357 e. The highest BCUT2D eigenvalue weighted by molar-refractivity contribution is 5.92. The third-order valence-electron chi connectivity index (χ3n) is 3.66. The van der Waals surface area contributed by atoms with E-state index in [1.807, 2.05) is 32.0 Å². The number of halogens is 1. The number of carbonyl (C=O) groups is 1. The van der Waals surface area contributed by atoms with Crippen LogP contribution in [-0.2, 0) is 6.54 Å². The Bertz CT molecular complexity index is 735. The average molecular weight is 345 g/mol. The van der Waals surface area contributed by atoms with Gasteiger partial charge < -0.3 is 15.1 Å². The Hall–Kier alpha value is -2.54. The molecule has 0 radical (unpaired) electrons. The zero-order valence-electron chi connectivity index (χ0n) is 15.1. The Morgan fingerprint density at radius 2 is 1.96 bits per heavy atom. The van der Waals surface area contributed by atoms with Crippen LogP contribution in [0.25, 0.3) is 0 Å². The van der Waals surface area contributed by atoms with Crippen LogP contribution >= 0.6 is 0 Å². The van der Waals surface area contributed by atoms with Crippen LogP contribution in [0.5, 0.6) is 0 Å². The van der Waals surface area contributed by atoms with Crippen molar-refractivity contribution in [3.63, 3.8) is 0 Å². The first kappa shape index (κ1) is 18.8. The van der Waals surface area contributed by atoms with Gasteiger partial charge in [-0.05, 0) is 44.8 Å². The maximum absolute atomic E-state index is 13.5. The third kappa shape index (κ3) is 5.49. The fourth-order valence-corrected chi connectivity index (χ4v) is 2.38. The number of aryl methyl sites for hydroxylation is 1. The number of amides is 1. The van der Waals surface area contributed by atoms with Gasteiger partial charge in [0.15, 0.2) is 0 Å². The van der Waals surface area contributed by atoms with Crippen molar-refractivity contribution >= 4 is 11.9 Å². The lowest BCUT2D eigenvalue weighted by Crippen LogP contribution is -2.36. The second-order valence-electron chi connectivity index (χ2n) is 6.13. The first-order chi connectivity index (χ1) is 11.9. The minimum atomic E-state index is -0.312. The number of anilines is 1. The molecule has 0 aliphatic carbocycles. The molecule has 25 heavy (non-hydrogen) atoms. The summed E-state index contributed by atoms with van der Waals surface area (Å²) in [7, 11) is 5.59. The zero-order chi connectivity index (χ0) is 18.4. The molecule has 0 spiro atoms. The average Bonchev–Trinajstić information content (AvgIpc) is 2.57. The number of hydrogen-bond acceptors (Lipinski definition) is 5. The molecular formula is C18H24FN5O. The lowest BCUT2D eigenvalue weighted by molar-refractivity contribution is 0.0725. The quantitative estimate of drug-likeness (QED) is 0.833. The van der Waals surface area contributed by atoms with Gasteiger partial charge in [0, 0.05) is 32.4 Å². The highest BCUT2D eigenvalue weighted by Crippen LogP contribution is 2.12. The van der Waals surface area contributed by atoms with E-state index in [4.69, 9.17) is 0 Å². The summed E-state index contributed by atoms with van der Waals surface area (Å²) < 4.78 is 13.5. The van der Waals surface area contributed by atoms with Gasteiger partial charge in [0.25, 0.3) is 5.91 Å². The van der Waals surface area contributed by atoms with Crippen LogP contribution in [-0.4, -0.2) is 59.9 Å². The molecule has 1 N–H and O–H groups in total. The third-order valence-corrected chi connectivity index (χ3v) is 3.66. The van der Waals surface area contributed by atoms with Gasteiger partial charge in [-0.3, -0.25) is 4.79 Å². The fraction of sp³-hybridized carbons (Fsp3) is 0.389. The number of hydrogen-bond donors (Lipinski definition) is 1. The van der Waals surface area contributed by atoms with E-state index in [1.165, 1.54) is 12.1 Å². The highest BCUT2D eigenvalue weighted by atomic mass is 19.1. The maximum atomic E-state index is 13.5. The molecule has 0 bridgehead atoms. The summed E-state index contributed by atoms with van der Waals surface area (Å²) in [6, 6.07) is 7.95. The minimum absolute atomic E-state index is 0.201. The molecule has 1 aromatic carbocycles. The first-order valence-corrected chi connectivity index (χ1v) is 8.11. The molecule has 0 atom stereocenters. The highest BCUT2D eigenvalue weighted by Gasteiger charge is 2.19. The molecule has 6 nitrogen and oxygen atoms in total. The van der Waals surface area contributed by atoms with E-state index in [0.29, 0.717) is 37.0 Å². The smallest absolute Gasteiger partial charge is 0.273 e. The summed E-state index contributed by atoms with van der Waals surface area (Å²) in [5, 5.41) is 2.86. The lowest BCUT2D eigenvalue weighted by Gasteiger charge is -2.24. The molecule has 0 saturated heterocycles. The molecular weight excluding hydrogens is 321 g/mol. The molecule has 1 amide bonds. The molecule has 2 rings (SSSR count). The molecule has 0 aliphatic heterocycles. The van der Waals surface area contributed by atoms with Crippen molar-refractivity contribution in [1.82, 2.24) is 19.8 Å². The number of rotatable bonds is 7. The number of benzene rings is 1. The van der Waals surface area contributed by atoms with Crippen molar-refractivity contribution in [3.05, 3.63) is 53.1 Å². The summed E-state index contributed by atoms with van der Waals surface area (Å²) in [4.78, 5) is 25.1. The van der Waals surface area contributed by atoms with Crippen molar-refractivity contribution in [2.75, 3.05) is 39.5 Å². The number of nitrogens with one attached hydrogen (secondary N) is 1. The van der Waals surface area contributed by atoms with E-state index in [0.717, 1.165) is 5.56 Å². The van der Waals surface area contributed by atoms with E-state index >= 15 is 0 Å².